The Kier molecular flexibility index (Phi) is 5.48. The molecule has 0 saturated carbocycles. The number of benzene rings is 2. The Balaban J connectivity index is 2.05. The highest BCUT2D eigenvalue weighted by Gasteiger charge is 2.08. The van der Waals surface area contributed by atoms with Crippen LogP contribution in [-0.4, -0.2) is 25.3 Å². The number of carbonyl (C=O) groups is 1. The average Bonchev–Trinajstić information content (AvgIpc) is 2.54. The minimum Gasteiger partial charge on any atom is -0.494 e. The number of esters is 1. The first-order valence-electron chi connectivity index (χ1n) is 6.63. The molecule has 0 aromatic heterocycles. The SMILES string of the molecule is COC(=O)c1cccc(NC(=S)Nc2ccc(OC)c(F)c2)c1. The molecule has 0 unspecified atom stereocenters. The zero-order chi connectivity index (χ0) is 16.8. The molecule has 2 aromatic carbocycles. The Morgan fingerprint density at radius 2 is 1.78 bits per heavy atom. The van der Waals surface area contributed by atoms with E-state index in [2.05, 4.69) is 15.4 Å². The lowest BCUT2D eigenvalue weighted by molar-refractivity contribution is 0.0601. The van der Waals surface area contributed by atoms with E-state index < -0.39 is 11.8 Å². The molecule has 5 nitrogen and oxygen atoms in total. The van der Waals surface area contributed by atoms with Gasteiger partial charge in [-0.05, 0) is 42.5 Å². The van der Waals surface area contributed by atoms with Crippen molar-refractivity contribution in [2.75, 3.05) is 24.9 Å². The molecule has 0 amide bonds. The summed E-state index contributed by atoms with van der Waals surface area (Å²) in [6, 6.07) is 11.1. The summed E-state index contributed by atoms with van der Waals surface area (Å²) in [5.74, 6) is -0.780. The van der Waals surface area contributed by atoms with Gasteiger partial charge in [0.2, 0.25) is 0 Å². The van der Waals surface area contributed by atoms with Crippen LogP contribution in [0.5, 0.6) is 5.75 Å². The van der Waals surface area contributed by atoms with E-state index in [1.807, 2.05) is 0 Å². The zero-order valence-electron chi connectivity index (χ0n) is 12.6. The molecule has 0 aliphatic rings. The summed E-state index contributed by atoms with van der Waals surface area (Å²) in [6.45, 7) is 0. The van der Waals surface area contributed by atoms with E-state index in [1.54, 1.807) is 30.3 Å². The van der Waals surface area contributed by atoms with E-state index in [0.29, 0.717) is 16.9 Å². The molecule has 2 aromatic rings. The predicted molar refractivity (Wildman–Crippen MR) is 90.6 cm³/mol. The Labute approximate surface area is 138 Å². The zero-order valence-corrected chi connectivity index (χ0v) is 13.4. The fourth-order valence-corrected chi connectivity index (χ4v) is 2.12. The number of ether oxygens (including phenoxy) is 2. The maximum Gasteiger partial charge on any atom is 0.337 e. The van der Waals surface area contributed by atoms with Crippen molar-refractivity contribution in [1.29, 1.82) is 0 Å². The standard InChI is InChI=1S/C16H15FN2O3S/c1-21-14-7-6-12(9-13(14)17)19-16(23)18-11-5-3-4-10(8-11)15(20)22-2/h3-9H,1-2H3,(H2,18,19,23). The van der Waals surface area contributed by atoms with Gasteiger partial charge in [-0.2, -0.15) is 0 Å². The van der Waals surface area contributed by atoms with Crippen LogP contribution >= 0.6 is 12.2 Å². The molecule has 2 rings (SSSR count). The largest absolute Gasteiger partial charge is 0.494 e. The molecule has 120 valence electrons. The van der Waals surface area contributed by atoms with Gasteiger partial charge >= 0.3 is 5.97 Å². The van der Waals surface area contributed by atoms with Crippen molar-refractivity contribution < 1.29 is 18.7 Å². The smallest absolute Gasteiger partial charge is 0.337 e. The van der Waals surface area contributed by atoms with E-state index in [4.69, 9.17) is 17.0 Å². The van der Waals surface area contributed by atoms with Gasteiger partial charge < -0.3 is 20.1 Å². The van der Waals surface area contributed by atoms with Gasteiger partial charge in [0.25, 0.3) is 0 Å². The molecule has 0 heterocycles. The van der Waals surface area contributed by atoms with E-state index in [0.717, 1.165) is 0 Å². The second-order valence-electron chi connectivity index (χ2n) is 4.50. The molecule has 2 N–H and O–H groups in total. The second-order valence-corrected chi connectivity index (χ2v) is 4.91. The Bertz CT molecular complexity index is 737. The number of hydrogen-bond acceptors (Lipinski definition) is 4. The molecule has 0 atom stereocenters. The van der Waals surface area contributed by atoms with Crippen molar-refractivity contribution in [2.45, 2.75) is 0 Å². The summed E-state index contributed by atoms with van der Waals surface area (Å²) < 4.78 is 23.1. The monoisotopic (exact) mass is 334 g/mol. The fourth-order valence-electron chi connectivity index (χ4n) is 1.88. The van der Waals surface area contributed by atoms with Crippen molar-refractivity contribution in [1.82, 2.24) is 0 Å². The molecule has 0 bridgehead atoms. The van der Waals surface area contributed by atoms with Crippen molar-refractivity contribution in [3.05, 3.63) is 53.8 Å². The lowest BCUT2D eigenvalue weighted by atomic mass is 10.2. The highest BCUT2D eigenvalue weighted by Crippen LogP contribution is 2.21. The molecule has 0 aliphatic heterocycles. The summed E-state index contributed by atoms with van der Waals surface area (Å²) in [5, 5.41) is 6.03. The Hall–Kier alpha value is -2.67. The van der Waals surface area contributed by atoms with Crippen LogP contribution in [-0.2, 0) is 4.74 Å². The van der Waals surface area contributed by atoms with Crippen LogP contribution in [0.4, 0.5) is 15.8 Å². The Morgan fingerprint density at radius 1 is 1.09 bits per heavy atom. The maximum atomic E-state index is 13.6. The van der Waals surface area contributed by atoms with Crippen molar-refractivity contribution in [3.63, 3.8) is 0 Å². The molecule has 0 saturated heterocycles. The van der Waals surface area contributed by atoms with Gasteiger partial charge in [0.1, 0.15) is 0 Å². The van der Waals surface area contributed by atoms with Crippen LogP contribution in [0.3, 0.4) is 0 Å². The molecule has 23 heavy (non-hydrogen) atoms. The van der Waals surface area contributed by atoms with E-state index >= 15 is 0 Å². The molecule has 0 fully saturated rings. The lowest BCUT2D eigenvalue weighted by Gasteiger charge is -2.12. The number of halogens is 1. The number of rotatable bonds is 4. The van der Waals surface area contributed by atoms with Crippen LogP contribution in [0.2, 0.25) is 0 Å². The number of anilines is 2. The normalized spacial score (nSPS) is 9.87. The Morgan fingerprint density at radius 3 is 2.39 bits per heavy atom. The van der Waals surface area contributed by atoms with Gasteiger partial charge in [-0.25, -0.2) is 9.18 Å². The van der Waals surface area contributed by atoms with Crippen LogP contribution in [0.1, 0.15) is 10.4 Å². The number of methoxy groups -OCH3 is 2. The first-order chi connectivity index (χ1) is 11.0. The number of nitrogens with one attached hydrogen (secondary N) is 2. The topological polar surface area (TPSA) is 59.6 Å². The first kappa shape index (κ1) is 16.7. The van der Waals surface area contributed by atoms with Gasteiger partial charge in [0.05, 0.1) is 19.8 Å². The number of hydrogen-bond donors (Lipinski definition) is 2. The van der Waals surface area contributed by atoms with Crippen molar-refractivity contribution in [2.24, 2.45) is 0 Å². The summed E-state index contributed by atoms with van der Waals surface area (Å²) in [4.78, 5) is 11.5. The number of carbonyl (C=O) groups excluding carboxylic acids is 1. The van der Waals surface area contributed by atoms with Crippen LogP contribution in [0.25, 0.3) is 0 Å². The van der Waals surface area contributed by atoms with Gasteiger partial charge in [-0.15, -0.1) is 0 Å². The summed E-state index contributed by atoms with van der Waals surface area (Å²) in [6.07, 6.45) is 0. The molecule has 0 radical (unpaired) electrons. The van der Waals surface area contributed by atoms with Crippen molar-refractivity contribution in [3.8, 4) is 5.75 Å². The molecular weight excluding hydrogens is 319 g/mol. The molecule has 0 aliphatic carbocycles. The van der Waals surface area contributed by atoms with E-state index in [1.165, 1.54) is 26.4 Å². The first-order valence-corrected chi connectivity index (χ1v) is 7.04. The van der Waals surface area contributed by atoms with Crippen LogP contribution in [0, 0.1) is 5.82 Å². The summed E-state index contributed by atoms with van der Waals surface area (Å²) in [7, 11) is 2.71. The molecule has 0 spiro atoms. The molecule has 7 heteroatoms. The quantitative estimate of drug-likeness (QED) is 0.660. The summed E-state index contributed by atoms with van der Waals surface area (Å²) >= 11 is 5.17. The number of thiocarbonyl (C=S) groups is 1. The average molecular weight is 334 g/mol. The van der Waals surface area contributed by atoms with Crippen LogP contribution < -0.4 is 15.4 Å². The highest BCUT2D eigenvalue weighted by molar-refractivity contribution is 7.80. The third kappa shape index (κ3) is 4.40. The van der Waals surface area contributed by atoms with Crippen molar-refractivity contribution >= 4 is 34.7 Å². The van der Waals surface area contributed by atoms with Crippen LogP contribution in [0.15, 0.2) is 42.5 Å². The van der Waals surface area contributed by atoms with Gasteiger partial charge in [0.15, 0.2) is 16.7 Å². The third-order valence-electron chi connectivity index (χ3n) is 2.95. The van der Waals surface area contributed by atoms with Gasteiger partial charge in [-0.3, -0.25) is 0 Å². The van der Waals surface area contributed by atoms with E-state index in [9.17, 15) is 9.18 Å². The minimum atomic E-state index is -0.493. The summed E-state index contributed by atoms with van der Waals surface area (Å²) in [5.41, 5.74) is 1.49. The van der Waals surface area contributed by atoms with E-state index in [-0.39, 0.29) is 10.9 Å². The second kappa shape index (κ2) is 7.55. The fraction of sp³-hybridized carbons (Fsp3) is 0.125. The predicted octanol–water partition coefficient (Wildman–Crippen LogP) is 3.43. The highest BCUT2D eigenvalue weighted by atomic mass is 32.1. The van der Waals surface area contributed by atoms with Gasteiger partial charge in [-0.1, -0.05) is 6.07 Å². The minimum absolute atomic E-state index is 0.153. The third-order valence-corrected chi connectivity index (χ3v) is 3.16. The molecular formula is C16H15FN2O3S. The maximum absolute atomic E-state index is 13.6. The lowest BCUT2D eigenvalue weighted by Crippen LogP contribution is -2.19. The van der Waals surface area contributed by atoms with Gasteiger partial charge in [0, 0.05) is 17.4 Å².